The standard InChI is InChI=1S/C16H24ClN3O4S2/c1-12-9-19(10-13(2)24-12)15(21)11-18-5-7-20(8-6-18)26(22,23)16-4-3-14(17)25-16/h3-4,12-13H,5-11H2,1-2H3/p+1/t12-,13-/m1/s1. The fourth-order valence-electron chi connectivity index (χ4n) is 3.49. The lowest BCUT2D eigenvalue weighted by Crippen LogP contribution is -3.15. The van der Waals surface area contributed by atoms with Gasteiger partial charge in [-0.05, 0) is 26.0 Å². The second-order valence-electron chi connectivity index (χ2n) is 6.95. The number of thiophene rings is 1. The van der Waals surface area contributed by atoms with Crippen molar-refractivity contribution < 1.29 is 22.8 Å². The number of nitrogens with one attached hydrogen (secondary N) is 1. The zero-order valence-electron chi connectivity index (χ0n) is 15.0. The molecule has 2 atom stereocenters. The third-order valence-electron chi connectivity index (χ3n) is 4.75. The van der Waals surface area contributed by atoms with Crippen LogP contribution < -0.4 is 4.90 Å². The van der Waals surface area contributed by atoms with E-state index in [4.69, 9.17) is 16.3 Å². The molecule has 2 fully saturated rings. The van der Waals surface area contributed by atoms with Crippen LogP contribution in [0.25, 0.3) is 0 Å². The lowest BCUT2D eigenvalue weighted by Gasteiger charge is -2.36. The summed E-state index contributed by atoms with van der Waals surface area (Å²) in [7, 11) is -3.49. The number of hydrogen-bond acceptors (Lipinski definition) is 5. The van der Waals surface area contributed by atoms with Crippen LogP contribution in [0.5, 0.6) is 0 Å². The van der Waals surface area contributed by atoms with Crippen LogP contribution in [0.2, 0.25) is 4.34 Å². The van der Waals surface area contributed by atoms with Gasteiger partial charge in [0.05, 0.1) is 42.7 Å². The van der Waals surface area contributed by atoms with E-state index in [1.165, 1.54) is 4.31 Å². The number of amides is 1. The van der Waals surface area contributed by atoms with Crippen LogP contribution in [-0.2, 0) is 19.6 Å². The average molecular weight is 423 g/mol. The van der Waals surface area contributed by atoms with Crippen LogP contribution in [-0.4, -0.2) is 81.6 Å². The highest BCUT2D eigenvalue weighted by Crippen LogP contribution is 2.28. The zero-order chi connectivity index (χ0) is 18.9. The molecular weight excluding hydrogens is 398 g/mol. The third kappa shape index (κ3) is 4.58. The largest absolute Gasteiger partial charge is 0.372 e. The van der Waals surface area contributed by atoms with Gasteiger partial charge in [-0.3, -0.25) is 4.79 Å². The third-order valence-corrected chi connectivity index (χ3v) is 8.34. The van der Waals surface area contributed by atoms with Gasteiger partial charge in [-0.2, -0.15) is 4.31 Å². The van der Waals surface area contributed by atoms with Crippen molar-refractivity contribution in [1.82, 2.24) is 9.21 Å². The number of halogens is 1. The Morgan fingerprint density at radius 3 is 2.42 bits per heavy atom. The number of hydrogen-bond donors (Lipinski definition) is 1. The molecule has 7 nitrogen and oxygen atoms in total. The first-order chi connectivity index (χ1) is 12.3. The van der Waals surface area contributed by atoms with E-state index in [0.29, 0.717) is 50.1 Å². The molecule has 1 N–H and O–H groups in total. The summed E-state index contributed by atoms with van der Waals surface area (Å²) in [6.07, 6.45) is 0.106. The summed E-state index contributed by atoms with van der Waals surface area (Å²) in [4.78, 5) is 15.6. The van der Waals surface area contributed by atoms with E-state index < -0.39 is 10.0 Å². The van der Waals surface area contributed by atoms with E-state index in [2.05, 4.69) is 0 Å². The van der Waals surface area contributed by atoms with Crippen LogP contribution in [0.4, 0.5) is 0 Å². The Morgan fingerprint density at radius 1 is 1.27 bits per heavy atom. The molecule has 0 unspecified atom stereocenters. The molecule has 3 heterocycles. The number of morpholine rings is 1. The average Bonchev–Trinajstić information content (AvgIpc) is 3.02. The fraction of sp³-hybridized carbons (Fsp3) is 0.688. The first-order valence-electron chi connectivity index (χ1n) is 8.78. The molecule has 1 aromatic rings. The van der Waals surface area contributed by atoms with Crippen molar-refractivity contribution >= 4 is 38.9 Å². The molecule has 0 radical (unpaired) electrons. The lowest BCUT2D eigenvalue weighted by atomic mass is 10.2. The Bertz CT molecular complexity index is 736. The predicted molar refractivity (Wildman–Crippen MR) is 100 cm³/mol. The highest BCUT2D eigenvalue weighted by atomic mass is 35.5. The Balaban J connectivity index is 1.53. The molecule has 2 aliphatic rings. The van der Waals surface area contributed by atoms with E-state index in [-0.39, 0.29) is 22.3 Å². The molecule has 146 valence electrons. The van der Waals surface area contributed by atoms with Crippen LogP contribution in [0, 0.1) is 0 Å². The van der Waals surface area contributed by atoms with Crippen molar-refractivity contribution in [1.29, 1.82) is 0 Å². The van der Waals surface area contributed by atoms with E-state index >= 15 is 0 Å². The Kier molecular flexibility index (Phi) is 6.25. The minimum Gasteiger partial charge on any atom is -0.372 e. The van der Waals surface area contributed by atoms with Gasteiger partial charge >= 0.3 is 0 Å². The lowest BCUT2D eigenvalue weighted by molar-refractivity contribution is -0.896. The SMILES string of the molecule is C[C@@H]1CN(C(=O)C[NH+]2CCN(S(=O)(=O)c3ccc(Cl)s3)CC2)C[C@@H](C)O1. The summed E-state index contributed by atoms with van der Waals surface area (Å²) >= 11 is 6.94. The van der Waals surface area contributed by atoms with Crippen molar-refractivity contribution in [2.45, 2.75) is 30.3 Å². The molecule has 1 aromatic heterocycles. The van der Waals surface area contributed by atoms with Gasteiger partial charge in [0, 0.05) is 13.1 Å². The van der Waals surface area contributed by atoms with E-state index in [1.54, 1.807) is 12.1 Å². The van der Waals surface area contributed by atoms with E-state index in [9.17, 15) is 13.2 Å². The number of quaternary nitrogens is 1. The topological polar surface area (TPSA) is 71.4 Å². The van der Waals surface area contributed by atoms with Gasteiger partial charge < -0.3 is 14.5 Å². The molecule has 0 aromatic carbocycles. The zero-order valence-corrected chi connectivity index (χ0v) is 17.4. The van der Waals surface area contributed by atoms with E-state index in [1.807, 2.05) is 18.7 Å². The summed E-state index contributed by atoms with van der Waals surface area (Å²) in [6.45, 7) is 7.67. The fourth-order valence-corrected chi connectivity index (χ4v) is 6.57. The van der Waals surface area contributed by atoms with Gasteiger partial charge in [0.25, 0.3) is 15.9 Å². The second kappa shape index (κ2) is 8.12. The number of nitrogens with zero attached hydrogens (tertiary/aromatic N) is 2. The molecule has 1 amide bonds. The Morgan fingerprint density at radius 2 is 1.88 bits per heavy atom. The highest BCUT2D eigenvalue weighted by Gasteiger charge is 2.34. The van der Waals surface area contributed by atoms with E-state index in [0.717, 1.165) is 16.2 Å². The monoisotopic (exact) mass is 422 g/mol. The molecule has 0 spiro atoms. The van der Waals surface area contributed by atoms with Crippen LogP contribution in [0.3, 0.4) is 0 Å². The molecule has 0 bridgehead atoms. The van der Waals surface area contributed by atoms with Crippen molar-refractivity contribution in [2.75, 3.05) is 45.8 Å². The second-order valence-corrected chi connectivity index (χ2v) is 10.8. The minimum atomic E-state index is -3.49. The molecule has 2 aliphatic heterocycles. The molecule has 2 saturated heterocycles. The van der Waals surface area contributed by atoms with Crippen molar-refractivity contribution in [3.63, 3.8) is 0 Å². The van der Waals surface area contributed by atoms with Crippen molar-refractivity contribution in [3.05, 3.63) is 16.5 Å². The van der Waals surface area contributed by atoms with Crippen molar-refractivity contribution in [3.8, 4) is 0 Å². The summed E-state index contributed by atoms with van der Waals surface area (Å²) in [6, 6.07) is 3.15. The van der Waals surface area contributed by atoms with Gasteiger partial charge in [0.2, 0.25) is 0 Å². The summed E-state index contributed by atoms with van der Waals surface area (Å²) in [5.74, 6) is 0.114. The van der Waals surface area contributed by atoms with Crippen LogP contribution in [0.1, 0.15) is 13.8 Å². The van der Waals surface area contributed by atoms with Gasteiger partial charge in [0.1, 0.15) is 4.21 Å². The smallest absolute Gasteiger partial charge is 0.277 e. The quantitative estimate of drug-likeness (QED) is 0.737. The first-order valence-corrected chi connectivity index (χ1v) is 11.4. The summed E-state index contributed by atoms with van der Waals surface area (Å²) in [5.41, 5.74) is 0. The first kappa shape index (κ1) is 20.0. The minimum absolute atomic E-state index is 0.0531. The molecule has 0 aliphatic carbocycles. The number of carbonyl (C=O) groups excluding carboxylic acids is 1. The normalized spacial score (nSPS) is 26.2. The Labute approximate surface area is 163 Å². The molecule has 0 saturated carbocycles. The van der Waals surface area contributed by atoms with Crippen LogP contribution >= 0.6 is 22.9 Å². The van der Waals surface area contributed by atoms with Gasteiger partial charge in [-0.15, -0.1) is 11.3 Å². The van der Waals surface area contributed by atoms with Gasteiger partial charge in [-0.1, -0.05) is 11.6 Å². The summed E-state index contributed by atoms with van der Waals surface area (Å²) in [5, 5.41) is 0. The van der Waals surface area contributed by atoms with Gasteiger partial charge in [-0.25, -0.2) is 8.42 Å². The molecular formula is C16H25ClN3O4S2+. The predicted octanol–water partition coefficient (Wildman–Crippen LogP) is -0.0735. The van der Waals surface area contributed by atoms with Crippen molar-refractivity contribution in [2.24, 2.45) is 0 Å². The maximum absolute atomic E-state index is 12.6. The number of piperazine rings is 1. The molecule has 3 rings (SSSR count). The van der Waals surface area contributed by atoms with Crippen LogP contribution in [0.15, 0.2) is 16.3 Å². The molecule has 10 heteroatoms. The number of rotatable bonds is 4. The number of carbonyl (C=O) groups is 1. The van der Waals surface area contributed by atoms with Gasteiger partial charge in [0.15, 0.2) is 6.54 Å². The summed E-state index contributed by atoms with van der Waals surface area (Å²) < 4.78 is 33.2. The number of ether oxygens (including phenoxy) is 1. The molecule has 26 heavy (non-hydrogen) atoms. The maximum Gasteiger partial charge on any atom is 0.277 e. The maximum atomic E-state index is 12.6. The number of sulfonamides is 1. The highest BCUT2D eigenvalue weighted by molar-refractivity contribution is 7.91. The Hall–Kier alpha value is -0.710.